The van der Waals surface area contributed by atoms with Gasteiger partial charge >= 0.3 is 0 Å². The van der Waals surface area contributed by atoms with Crippen LogP contribution >= 0.6 is 15.9 Å². The van der Waals surface area contributed by atoms with Crippen molar-refractivity contribution in [2.24, 2.45) is 0 Å². The molecule has 0 spiro atoms. The number of amides is 1. The Hall–Kier alpha value is -2.15. The van der Waals surface area contributed by atoms with Gasteiger partial charge in [-0.3, -0.25) is 9.69 Å². The van der Waals surface area contributed by atoms with Crippen LogP contribution in [0.15, 0.2) is 57.4 Å². The molecule has 0 unspecified atom stereocenters. The molecule has 1 aliphatic rings. The fourth-order valence-electron chi connectivity index (χ4n) is 3.18. The van der Waals surface area contributed by atoms with E-state index in [4.69, 9.17) is 9.15 Å². The molecule has 4 rings (SSSR count). The number of halogens is 1. The number of nitrogens with zero attached hydrogens (tertiary/aromatic N) is 1. The standard InChI is InChI=1S/C21H21BrN2O3/c22-18-5-6-19-17(11-18)12-20(27-19)21(25)23-13-15-1-3-16(4-2-15)14-24-7-9-26-10-8-24/h1-6,11-12H,7-10,13-14H2,(H,23,25). The number of nitrogens with one attached hydrogen (secondary N) is 1. The van der Waals surface area contributed by atoms with E-state index in [0.717, 1.165) is 48.3 Å². The maximum atomic E-state index is 12.4. The van der Waals surface area contributed by atoms with E-state index < -0.39 is 0 Å². The van der Waals surface area contributed by atoms with Gasteiger partial charge in [-0.1, -0.05) is 40.2 Å². The maximum absolute atomic E-state index is 12.4. The van der Waals surface area contributed by atoms with Gasteiger partial charge in [0.2, 0.25) is 0 Å². The normalized spacial score (nSPS) is 15.1. The average Bonchev–Trinajstić information content (AvgIpc) is 3.11. The Labute approximate surface area is 166 Å². The summed E-state index contributed by atoms with van der Waals surface area (Å²) >= 11 is 3.43. The van der Waals surface area contributed by atoms with Gasteiger partial charge in [-0.15, -0.1) is 0 Å². The Bertz CT molecular complexity index is 930. The number of morpholine rings is 1. The third-order valence-electron chi connectivity index (χ3n) is 4.69. The van der Waals surface area contributed by atoms with Crippen molar-refractivity contribution in [3.8, 4) is 0 Å². The summed E-state index contributed by atoms with van der Waals surface area (Å²) in [6, 6.07) is 15.8. The second-order valence-electron chi connectivity index (χ2n) is 6.68. The maximum Gasteiger partial charge on any atom is 0.287 e. The molecule has 3 aromatic rings. The molecule has 1 aromatic heterocycles. The van der Waals surface area contributed by atoms with Gasteiger partial charge in [-0.25, -0.2) is 0 Å². The summed E-state index contributed by atoms with van der Waals surface area (Å²) in [5.74, 6) is 0.117. The molecule has 0 saturated carbocycles. The highest BCUT2D eigenvalue weighted by molar-refractivity contribution is 9.10. The van der Waals surface area contributed by atoms with Crippen molar-refractivity contribution in [1.29, 1.82) is 0 Å². The summed E-state index contributed by atoms with van der Waals surface area (Å²) in [4.78, 5) is 14.8. The number of carbonyl (C=O) groups is 1. The molecule has 0 bridgehead atoms. The number of carbonyl (C=O) groups excluding carboxylic acids is 1. The van der Waals surface area contributed by atoms with Crippen LogP contribution in [0, 0.1) is 0 Å². The summed E-state index contributed by atoms with van der Waals surface area (Å²) in [5.41, 5.74) is 3.04. The number of benzene rings is 2. The average molecular weight is 429 g/mol. The number of hydrogen-bond donors (Lipinski definition) is 1. The lowest BCUT2D eigenvalue weighted by Crippen LogP contribution is -2.35. The van der Waals surface area contributed by atoms with Crippen molar-refractivity contribution in [2.45, 2.75) is 13.1 Å². The zero-order valence-electron chi connectivity index (χ0n) is 14.9. The predicted octanol–water partition coefficient (Wildman–Crippen LogP) is 3.96. The highest BCUT2D eigenvalue weighted by Gasteiger charge is 2.13. The number of furan rings is 1. The Morgan fingerprint density at radius 1 is 1.04 bits per heavy atom. The zero-order chi connectivity index (χ0) is 18.6. The van der Waals surface area contributed by atoms with Gasteiger partial charge in [-0.2, -0.15) is 0 Å². The highest BCUT2D eigenvalue weighted by Crippen LogP contribution is 2.23. The van der Waals surface area contributed by atoms with Crippen LogP contribution < -0.4 is 5.32 Å². The molecule has 6 heteroatoms. The Balaban J connectivity index is 1.34. The second kappa shape index (κ2) is 8.25. The van der Waals surface area contributed by atoms with Crippen LogP contribution in [0.4, 0.5) is 0 Å². The zero-order valence-corrected chi connectivity index (χ0v) is 16.5. The first kappa shape index (κ1) is 18.2. The molecule has 2 aromatic carbocycles. The fourth-order valence-corrected chi connectivity index (χ4v) is 3.55. The van der Waals surface area contributed by atoms with Crippen molar-refractivity contribution >= 4 is 32.8 Å². The molecule has 27 heavy (non-hydrogen) atoms. The molecule has 140 valence electrons. The van der Waals surface area contributed by atoms with Crippen LogP contribution in [-0.2, 0) is 17.8 Å². The number of rotatable bonds is 5. The van der Waals surface area contributed by atoms with Gasteiger partial charge < -0.3 is 14.5 Å². The molecule has 2 heterocycles. The van der Waals surface area contributed by atoms with Gasteiger partial charge in [0.05, 0.1) is 13.2 Å². The van der Waals surface area contributed by atoms with Crippen molar-refractivity contribution in [3.05, 3.63) is 69.9 Å². The first-order valence-electron chi connectivity index (χ1n) is 9.02. The molecule has 1 fully saturated rings. The van der Waals surface area contributed by atoms with Gasteiger partial charge in [0.15, 0.2) is 5.76 Å². The van der Waals surface area contributed by atoms with Crippen LogP contribution in [0.25, 0.3) is 11.0 Å². The van der Waals surface area contributed by atoms with Crippen molar-refractivity contribution in [3.63, 3.8) is 0 Å². The van der Waals surface area contributed by atoms with E-state index in [0.29, 0.717) is 17.9 Å². The van der Waals surface area contributed by atoms with E-state index in [9.17, 15) is 4.79 Å². The Morgan fingerprint density at radius 3 is 2.56 bits per heavy atom. The summed E-state index contributed by atoms with van der Waals surface area (Å²) in [5, 5.41) is 3.82. The first-order valence-corrected chi connectivity index (χ1v) is 9.82. The van der Waals surface area contributed by atoms with E-state index in [2.05, 4.69) is 50.4 Å². The lowest BCUT2D eigenvalue weighted by molar-refractivity contribution is 0.0342. The topological polar surface area (TPSA) is 54.7 Å². The van der Waals surface area contributed by atoms with Crippen LogP contribution in [0.2, 0.25) is 0 Å². The van der Waals surface area contributed by atoms with Crippen LogP contribution in [0.5, 0.6) is 0 Å². The largest absolute Gasteiger partial charge is 0.451 e. The SMILES string of the molecule is O=C(NCc1ccc(CN2CCOCC2)cc1)c1cc2cc(Br)ccc2o1. The minimum atomic E-state index is -0.209. The third-order valence-corrected chi connectivity index (χ3v) is 5.18. The second-order valence-corrected chi connectivity index (χ2v) is 7.60. The van der Waals surface area contributed by atoms with Crippen molar-refractivity contribution in [2.75, 3.05) is 26.3 Å². The number of hydrogen-bond acceptors (Lipinski definition) is 4. The molecule has 5 nitrogen and oxygen atoms in total. The van der Waals surface area contributed by atoms with Gasteiger partial charge in [-0.05, 0) is 35.4 Å². The Morgan fingerprint density at radius 2 is 1.78 bits per heavy atom. The fraction of sp³-hybridized carbons (Fsp3) is 0.286. The molecule has 1 aliphatic heterocycles. The van der Waals surface area contributed by atoms with E-state index in [1.807, 2.05) is 18.2 Å². The van der Waals surface area contributed by atoms with E-state index in [1.54, 1.807) is 6.07 Å². The summed E-state index contributed by atoms with van der Waals surface area (Å²) < 4.78 is 12.0. The third kappa shape index (κ3) is 4.58. The monoisotopic (exact) mass is 428 g/mol. The minimum Gasteiger partial charge on any atom is -0.451 e. The number of ether oxygens (including phenoxy) is 1. The molecule has 0 aliphatic carbocycles. The van der Waals surface area contributed by atoms with Gasteiger partial charge in [0.1, 0.15) is 5.58 Å². The van der Waals surface area contributed by atoms with Crippen molar-refractivity contribution < 1.29 is 13.9 Å². The lowest BCUT2D eigenvalue weighted by Gasteiger charge is -2.26. The molecule has 1 N–H and O–H groups in total. The molecular formula is C21H21BrN2O3. The molecular weight excluding hydrogens is 408 g/mol. The lowest BCUT2D eigenvalue weighted by atomic mass is 10.1. The van der Waals surface area contributed by atoms with Crippen LogP contribution in [0.3, 0.4) is 0 Å². The van der Waals surface area contributed by atoms with E-state index in [-0.39, 0.29) is 5.91 Å². The smallest absolute Gasteiger partial charge is 0.287 e. The summed E-state index contributed by atoms with van der Waals surface area (Å²) in [7, 11) is 0. The quantitative estimate of drug-likeness (QED) is 0.667. The molecule has 1 amide bonds. The minimum absolute atomic E-state index is 0.209. The highest BCUT2D eigenvalue weighted by atomic mass is 79.9. The van der Waals surface area contributed by atoms with Gasteiger partial charge in [0.25, 0.3) is 5.91 Å². The first-order chi connectivity index (χ1) is 13.2. The van der Waals surface area contributed by atoms with Gasteiger partial charge in [0, 0.05) is 36.0 Å². The summed E-state index contributed by atoms with van der Waals surface area (Å²) in [6.07, 6.45) is 0. The molecule has 0 atom stereocenters. The van der Waals surface area contributed by atoms with Crippen molar-refractivity contribution in [1.82, 2.24) is 10.2 Å². The number of fused-ring (bicyclic) bond motifs is 1. The molecule has 1 saturated heterocycles. The molecule has 0 radical (unpaired) electrons. The van der Waals surface area contributed by atoms with Crippen LogP contribution in [-0.4, -0.2) is 37.1 Å². The predicted molar refractivity (Wildman–Crippen MR) is 108 cm³/mol. The van der Waals surface area contributed by atoms with E-state index >= 15 is 0 Å². The Kier molecular flexibility index (Phi) is 5.57. The summed E-state index contributed by atoms with van der Waals surface area (Å²) in [6.45, 7) is 4.98. The van der Waals surface area contributed by atoms with Crippen LogP contribution in [0.1, 0.15) is 21.7 Å². The van der Waals surface area contributed by atoms with E-state index in [1.165, 1.54) is 5.56 Å².